The van der Waals surface area contributed by atoms with Gasteiger partial charge in [-0.25, -0.2) is 0 Å². The van der Waals surface area contributed by atoms with Crippen molar-refractivity contribution in [3.05, 3.63) is 69.7 Å². The van der Waals surface area contributed by atoms with Crippen molar-refractivity contribution in [3.8, 4) is 0 Å². The van der Waals surface area contributed by atoms with Crippen molar-refractivity contribution >= 4 is 27.7 Å². The number of halogens is 1. The first kappa shape index (κ1) is 22.2. The van der Waals surface area contributed by atoms with Gasteiger partial charge < -0.3 is 10.2 Å². The Morgan fingerprint density at radius 3 is 2.14 bits per heavy atom. The van der Waals surface area contributed by atoms with E-state index < -0.39 is 6.04 Å². The Kier molecular flexibility index (Phi) is 8.24. The Balaban J connectivity index is 2.20. The number of aryl methyl sites for hydroxylation is 1. The van der Waals surface area contributed by atoms with Crippen LogP contribution in [0.5, 0.6) is 0 Å². The normalized spacial score (nSPS) is 12.9. The number of hydrogen-bond donors (Lipinski definition) is 1. The Labute approximate surface area is 176 Å². The molecule has 0 aromatic heterocycles. The van der Waals surface area contributed by atoms with E-state index in [4.69, 9.17) is 0 Å². The molecule has 2 atom stereocenters. The third kappa shape index (κ3) is 6.48. The second-order valence-corrected chi connectivity index (χ2v) is 8.22. The first-order chi connectivity index (χ1) is 13.3. The number of rotatable bonds is 8. The second-order valence-electron chi connectivity index (χ2n) is 7.30. The molecule has 0 spiro atoms. The number of carbonyl (C=O) groups excluding carboxylic acids is 2. The van der Waals surface area contributed by atoms with Gasteiger partial charge in [-0.2, -0.15) is 0 Å². The minimum absolute atomic E-state index is 0.0569. The lowest BCUT2D eigenvalue weighted by molar-refractivity contribution is -0.140. The lowest BCUT2D eigenvalue weighted by Gasteiger charge is -2.30. The monoisotopic (exact) mass is 444 g/mol. The zero-order valence-corrected chi connectivity index (χ0v) is 18.6. The second kappa shape index (κ2) is 10.4. The maximum absolute atomic E-state index is 13.1. The van der Waals surface area contributed by atoms with Gasteiger partial charge in [0, 0.05) is 17.1 Å². The van der Waals surface area contributed by atoms with Gasteiger partial charge in [-0.05, 0) is 50.5 Å². The van der Waals surface area contributed by atoms with E-state index in [0.29, 0.717) is 6.54 Å². The smallest absolute Gasteiger partial charge is 0.242 e. The van der Waals surface area contributed by atoms with Crippen LogP contribution in [0.15, 0.2) is 53.0 Å². The van der Waals surface area contributed by atoms with Gasteiger partial charge in [0.1, 0.15) is 6.04 Å². The fourth-order valence-electron chi connectivity index (χ4n) is 2.82. The zero-order valence-electron chi connectivity index (χ0n) is 17.0. The Hall–Kier alpha value is -2.14. The molecule has 2 aromatic carbocycles. The molecule has 0 saturated carbocycles. The predicted molar refractivity (Wildman–Crippen MR) is 117 cm³/mol. The van der Waals surface area contributed by atoms with Gasteiger partial charge >= 0.3 is 0 Å². The number of carbonyl (C=O) groups is 2. The highest BCUT2D eigenvalue weighted by atomic mass is 79.9. The molecule has 0 aliphatic rings. The fraction of sp³-hybridized carbons (Fsp3) is 0.391. The van der Waals surface area contributed by atoms with Crippen molar-refractivity contribution in [1.29, 1.82) is 0 Å². The summed E-state index contributed by atoms with van der Waals surface area (Å²) in [5.74, 6) is -0.178. The third-order valence-electron chi connectivity index (χ3n) is 4.91. The molecule has 0 radical (unpaired) electrons. The molecular formula is C23H29BrN2O2. The Bertz CT molecular complexity index is 787. The lowest BCUT2D eigenvalue weighted by atomic mass is 10.1. The van der Waals surface area contributed by atoms with Gasteiger partial charge in [-0.1, -0.05) is 64.8 Å². The molecule has 2 amide bonds. The molecule has 2 rings (SSSR count). The van der Waals surface area contributed by atoms with Crippen molar-refractivity contribution in [2.24, 2.45) is 0 Å². The summed E-state index contributed by atoms with van der Waals surface area (Å²) in [4.78, 5) is 27.5. The molecule has 0 heterocycles. The van der Waals surface area contributed by atoms with Crippen LogP contribution < -0.4 is 5.32 Å². The SMILES string of the molecule is CC[C@@H](C)NC(=O)[C@H](C)N(Cc1ccc(Br)cc1)C(=O)Cc1ccc(C)cc1. The highest BCUT2D eigenvalue weighted by Gasteiger charge is 2.26. The van der Waals surface area contributed by atoms with E-state index in [0.717, 1.165) is 27.6 Å². The molecule has 0 aliphatic carbocycles. The Morgan fingerprint density at radius 1 is 1.00 bits per heavy atom. The fourth-order valence-corrected chi connectivity index (χ4v) is 3.08. The predicted octanol–water partition coefficient (Wildman–Crippen LogP) is 4.63. The molecule has 150 valence electrons. The highest BCUT2D eigenvalue weighted by molar-refractivity contribution is 9.10. The molecule has 0 fully saturated rings. The highest BCUT2D eigenvalue weighted by Crippen LogP contribution is 2.16. The van der Waals surface area contributed by atoms with Crippen LogP contribution in [0.4, 0.5) is 0 Å². The zero-order chi connectivity index (χ0) is 20.7. The van der Waals surface area contributed by atoms with Gasteiger partial charge in [-0.15, -0.1) is 0 Å². The maximum Gasteiger partial charge on any atom is 0.242 e. The van der Waals surface area contributed by atoms with Crippen molar-refractivity contribution in [1.82, 2.24) is 10.2 Å². The summed E-state index contributed by atoms with van der Waals surface area (Å²) in [6.07, 6.45) is 1.13. The van der Waals surface area contributed by atoms with Crippen LogP contribution in [0.2, 0.25) is 0 Å². The van der Waals surface area contributed by atoms with Crippen LogP contribution in [-0.2, 0) is 22.6 Å². The molecule has 28 heavy (non-hydrogen) atoms. The number of benzene rings is 2. The molecular weight excluding hydrogens is 416 g/mol. The standard InChI is InChI=1S/C23H29BrN2O2/c1-5-17(3)25-23(28)18(4)26(15-20-10-12-21(24)13-11-20)22(27)14-19-8-6-16(2)7-9-19/h6-13,17-18H,5,14-15H2,1-4H3,(H,25,28)/t17-,18+/m1/s1. The van der Waals surface area contributed by atoms with Gasteiger partial charge in [0.2, 0.25) is 11.8 Å². The van der Waals surface area contributed by atoms with Gasteiger partial charge in [0.25, 0.3) is 0 Å². The number of amides is 2. The third-order valence-corrected chi connectivity index (χ3v) is 5.44. The topological polar surface area (TPSA) is 49.4 Å². The van der Waals surface area contributed by atoms with Crippen LogP contribution >= 0.6 is 15.9 Å². The summed E-state index contributed by atoms with van der Waals surface area (Å²) in [5.41, 5.74) is 3.10. The van der Waals surface area contributed by atoms with E-state index in [-0.39, 0.29) is 24.3 Å². The number of nitrogens with one attached hydrogen (secondary N) is 1. The van der Waals surface area contributed by atoms with Crippen molar-refractivity contribution < 1.29 is 9.59 Å². The van der Waals surface area contributed by atoms with Crippen molar-refractivity contribution in [2.75, 3.05) is 0 Å². The molecule has 4 nitrogen and oxygen atoms in total. The largest absolute Gasteiger partial charge is 0.352 e. The molecule has 0 saturated heterocycles. The Morgan fingerprint density at radius 2 is 1.57 bits per heavy atom. The summed E-state index contributed by atoms with van der Waals surface area (Å²) in [5, 5.41) is 2.99. The first-order valence-corrected chi connectivity index (χ1v) is 10.5. The van der Waals surface area contributed by atoms with Crippen LogP contribution in [-0.4, -0.2) is 28.8 Å². The number of hydrogen-bond acceptors (Lipinski definition) is 2. The molecule has 0 aliphatic heterocycles. The van der Waals surface area contributed by atoms with Crippen molar-refractivity contribution in [3.63, 3.8) is 0 Å². The van der Waals surface area contributed by atoms with E-state index >= 15 is 0 Å². The van der Waals surface area contributed by atoms with Gasteiger partial charge in [0.05, 0.1) is 6.42 Å². The summed E-state index contributed by atoms with van der Waals surface area (Å²) in [6.45, 7) is 8.21. The lowest BCUT2D eigenvalue weighted by Crippen LogP contribution is -2.49. The quantitative estimate of drug-likeness (QED) is 0.644. The maximum atomic E-state index is 13.1. The summed E-state index contributed by atoms with van der Waals surface area (Å²) in [6, 6.07) is 15.3. The minimum atomic E-state index is -0.546. The molecule has 1 N–H and O–H groups in total. The van der Waals surface area contributed by atoms with Gasteiger partial charge in [-0.3, -0.25) is 9.59 Å². The van der Waals surface area contributed by atoms with Crippen molar-refractivity contribution in [2.45, 2.75) is 59.2 Å². The van der Waals surface area contributed by atoms with E-state index in [9.17, 15) is 9.59 Å². The van der Waals surface area contributed by atoms with E-state index in [1.165, 1.54) is 0 Å². The average Bonchev–Trinajstić information content (AvgIpc) is 2.68. The van der Waals surface area contributed by atoms with Crippen LogP contribution in [0.25, 0.3) is 0 Å². The van der Waals surface area contributed by atoms with E-state index in [2.05, 4.69) is 21.2 Å². The summed E-state index contributed by atoms with van der Waals surface area (Å²) < 4.78 is 0.983. The van der Waals surface area contributed by atoms with Gasteiger partial charge in [0.15, 0.2) is 0 Å². The van der Waals surface area contributed by atoms with E-state index in [1.807, 2.05) is 69.3 Å². The summed E-state index contributed by atoms with van der Waals surface area (Å²) in [7, 11) is 0. The summed E-state index contributed by atoms with van der Waals surface area (Å²) >= 11 is 3.43. The van der Waals surface area contributed by atoms with Crippen LogP contribution in [0.3, 0.4) is 0 Å². The van der Waals surface area contributed by atoms with E-state index in [1.54, 1.807) is 11.8 Å². The minimum Gasteiger partial charge on any atom is -0.352 e. The first-order valence-electron chi connectivity index (χ1n) is 9.70. The average molecular weight is 445 g/mol. The van der Waals surface area contributed by atoms with Crippen LogP contribution in [0, 0.1) is 6.92 Å². The molecule has 0 unspecified atom stereocenters. The number of nitrogens with zero attached hydrogens (tertiary/aromatic N) is 1. The molecule has 2 aromatic rings. The molecule has 0 bridgehead atoms. The van der Waals surface area contributed by atoms with Crippen LogP contribution in [0.1, 0.15) is 43.9 Å². The molecule has 5 heteroatoms.